The van der Waals surface area contributed by atoms with Crippen LogP contribution in [0.15, 0.2) is 30.3 Å². The Labute approximate surface area is 103 Å². The molecule has 0 saturated heterocycles. The van der Waals surface area contributed by atoms with Gasteiger partial charge in [0.1, 0.15) is 6.04 Å². The zero-order valence-electron chi connectivity index (χ0n) is 9.95. The van der Waals surface area contributed by atoms with Crippen LogP contribution in [0.25, 0.3) is 0 Å². The third-order valence-electron chi connectivity index (χ3n) is 2.53. The molecule has 0 aromatic heterocycles. The maximum absolute atomic E-state index is 12.0. The minimum atomic E-state index is -4.27. The van der Waals surface area contributed by atoms with E-state index >= 15 is 0 Å². The van der Waals surface area contributed by atoms with Crippen molar-refractivity contribution in [2.45, 2.75) is 18.6 Å². The van der Waals surface area contributed by atoms with Crippen LogP contribution < -0.4 is 5.73 Å². The van der Waals surface area contributed by atoms with Crippen LogP contribution in [-0.4, -0.2) is 30.6 Å². The lowest BCUT2D eigenvalue weighted by molar-refractivity contribution is -0.144. The first-order chi connectivity index (χ1) is 8.31. The summed E-state index contributed by atoms with van der Waals surface area (Å²) in [6, 6.07) is 7.62. The first-order valence-corrected chi connectivity index (χ1v) is 5.43. The highest BCUT2D eigenvalue weighted by atomic mass is 19.4. The minimum absolute atomic E-state index is 0.386. The summed E-state index contributed by atoms with van der Waals surface area (Å²) >= 11 is 0. The van der Waals surface area contributed by atoms with Crippen molar-refractivity contribution < 1.29 is 18.0 Å². The fraction of sp³-hybridized carbons (Fsp3) is 0.417. The summed E-state index contributed by atoms with van der Waals surface area (Å²) in [5.74, 6) is -0.523. The van der Waals surface area contributed by atoms with Gasteiger partial charge < -0.3 is 10.6 Å². The Hall–Kier alpha value is -1.56. The van der Waals surface area contributed by atoms with Crippen molar-refractivity contribution in [3.63, 3.8) is 0 Å². The van der Waals surface area contributed by atoms with Gasteiger partial charge in [0.05, 0.1) is 6.42 Å². The SMILES string of the molecule is CN(CCC(F)(F)F)C(=O)[C@@H](N)c1ccccc1. The molecule has 3 nitrogen and oxygen atoms in total. The van der Waals surface area contributed by atoms with E-state index in [1.165, 1.54) is 7.05 Å². The fourth-order valence-corrected chi connectivity index (χ4v) is 1.45. The zero-order valence-corrected chi connectivity index (χ0v) is 9.95. The van der Waals surface area contributed by atoms with Gasteiger partial charge in [-0.25, -0.2) is 0 Å². The highest BCUT2D eigenvalue weighted by molar-refractivity contribution is 5.82. The van der Waals surface area contributed by atoms with Crippen LogP contribution in [0, 0.1) is 0 Å². The molecule has 1 atom stereocenters. The van der Waals surface area contributed by atoms with Crippen molar-refractivity contribution in [1.29, 1.82) is 0 Å². The van der Waals surface area contributed by atoms with Gasteiger partial charge in [-0.2, -0.15) is 13.2 Å². The number of carbonyl (C=O) groups excluding carboxylic acids is 1. The van der Waals surface area contributed by atoms with Crippen LogP contribution in [0.5, 0.6) is 0 Å². The Morgan fingerprint density at radius 3 is 2.39 bits per heavy atom. The quantitative estimate of drug-likeness (QED) is 0.901. The monoisotopic (exact) mass is 260 g/mol. The molecule has 1 amide bonds. The van der Waals surface area contributed by atoms with Crippen LogP contribution in [0.4, 0.5) is 13.2 Å². The first-order valence-electron chi connectivity index (χ1n) is 5.43. The van der Waals surface area contributed by atoms with E-state index in [9.17, 15) is 18.0 Å². The molecular weight excluding hydrogens is 245 g/mol. The first kappa shape index (κ1) is 14.5. The predicted molar refractivity (Wildman–Crippen MR) is 61.7 cm³/mol. The lowest BCUT2D eigenvalue weighted by Crippen LogP contribution is -2.37. The van der Waals surface area contributed by atoms with Crippen molar-refractivity contribution in [2.75, 3.05) is 13.6 Å². The van der Waals surface area contributed by atoms with Crippen LogP contribution in [0.2, 0.25) is 0 Å². The van der Waals surface area contributed by atoms with Crippen molar-refractivity contribution in [3.8, 4) is 0 Å². The van der Waals surface area contributed by atoms with Crippen molar-refractivity contribution in [2.24, 2.45) is 5.73 Å². The molecule has 0 saturated carbocycles. The topological polar surface area (TPSA) is 46.3 Å². The number of hydrogen-bond acceptors (Lipinski definition) is 2. The van der Waals surface area contributed by atoms with E-state index in [1.54, 1.807) is 30.3 Å². The normalized spacial score (nSPS) is 13.2. The number of amides is 1. The van der Waals surface area contributed by atoms with Crippen LogP contribution in [-0.2, 0) is 4.79 Å². The average Bonchev–Trinajstić information content (AvgIpc) is 2.34. The third kappa shape index (κ3) is 4.37. The molecule has 0 spiro atoms. The second kappa shape index (κ2) is 5.86. The van der Waals surface area contributed by atoms with Gasteiger partial charge in [0.15, 0.2) is 0 Å². The van der Waals surface area contributed by atoms with Gasteiger partial charge in [-0.1, -0.05) is 30.3 Å². The molecule has 100 valence electrons. The van der Waals surface area contributed by atoms with Gasteiger partial charge in [-0.15, -0.1) is 0 Å². The van der Waals surface area contributed by atoms with Gasteiger partial charge in [0.25, 0.3) is 0 Å². The van der Waals surface area contributed by atoms with E-state index in [-0.39, 0.29) is 6.54 Å². The lowest BCUT2D eigenvalue weighted by Gasteiger charge is -2.22. The molecule has 0 bridgehead atoms. The average molecular weight is 260 g/mol. The van der Waals surface area contributed by atoms with Gasteiger partial charge in [-0.3, -0.25) is 4.79 Å². The summed E-state index contributed by atoms with van der Waals surface area (Å²) in [6.45, 7) is -0.386. The second-order valence-electron chi connectivity index (χ2n) is 4.01. The van der Waals surface area contributed by atoms with Gasteiger partial charge in [0, 0.05) is 13.6 Å². The van der Waals surface area contributed by atoms with Crippen LogP contribution in [0.1, 0.15) is 18.0 Å². The summed E-state index contributed by atoms with van der Waals surface area (Å²) < 4.78 is 36.1. The molecule has 0 unspecified atom stereocenters. The molecule has 0 aliphatic heterocycles. The number of carbonyl (C=O) groups is 1. The molecule has 1 aromatic rings. The summed E-state index contributed by atoms with van der Waals surface area (Å²) in [4.78, 5) is 12.8. The number of benzene rings is 1. The Morgan fingerprint density at radius 1 is 1.33 bits per heavy atom. The Morgan fingerprint density at radius 2 is 1.89 bits per heavy atom. The van der Waals surface area contributed by atoms with Gasteiger partial charge in [0.2, 0.25) is 5.91 Å². The number of alkyl halides is 3. The van der Waals surface area contributed by atoms with Crippen molar-refractivity contribution >= 4 is 5.91 Å². The largest absolute Gasteiger partial charge is 0.390 e. The number of likely N-dealkylation sites (N-methyl/N-ethyl adjacent to an activating group) is 1. The molecule has 18 heavy (non-hydrogen) atoms. The molecule has 0 aliphatic carbocycles. The molecule has 0 fully saturated rings. The fourth-order valence-electron chi connectivity index (χ4n) is 1.45. The summed E-state index contributed by atoms with van der Waals surface area (Å²) in [5.41, 5.74) is 6.29. The maximum atomic E-state index is 12.0. The van der Waals surface area contributed by atoms with Gasteiger partial charge >= 0.3 is 6.18 Å². The Balaban J connectivity index is 2.59. The van der Waals surface area contributed by atoms with Gasteiger partial charge in [-0.05, 0) is 5.56 Å². The van der Waals surface area contributed by atoms with Crippen LogP contribution in [0.3, 0.4) is 0 Å². The summed E-state index contributed by atoms with van der Waals surface area (Å²) in [6.07, 6.45) is -5.30. The summed E-state index contributed by atoms with van der Waals surface area (Å²) in [5, 5.41) is 0. The van der Waals surface area contributed by atoms with Crippen molar-refractivity contribution in [3.05, 3.63) is 35.9 Å². The number of rotatable bonds is 4. The zero-order chi connectivity index (χ0) is 13.8. The molecule has 2 N–H and O–H groups in total. The molecule has 0 heterocycles. The molecule has 1 rings (SSSR count). The number of hydrogen-bond donors (Lipinski definition) is 1. The Kier molecular flexibility index (Phi) is 4.72. The van der Waals surface area contributed by atoms with E-state index in [4.69, 9.17) is 5.73 Å². The Bertz CT molecular complexity index is 392. The molecule has 0 radical (unpaired) electrons. The van der Waals surface area contributed by atoms with E-state index in [0.717, 1.165) is 4.90 Å². The minimum Gasteiger partial charge on any atom is -0.344 e. The summed E-state index contributed by atoms with van der Waals surface area (Å²) in [7, 11) is 1.32. The molecule has 1 aromatic carbocycles. The smallest absolute Gasteiger partial charge is 0.344 e. The second-order valence-corrected chi connectivity index (χ2v) is 4.01. The maximum Gasteiger partial charge on any atom is 0.390 e. The van der Waals surface area contributed by atoms with E-state index in [0.29, 0.717) is 5.56 Å². The molecule has 0 aliphatic rings. The molecular formula is C12H15F3N2O. The lowest BCUT2D eigenvalue weighted by atomic mass is 10.1. The third-order valence-corrected chi connectivity index (χ3v) is 2.53. The standard InChI is InChI=1S/C12H15F3N2O/c1-17(8-7-12(13,14)15)11(18)10(16)9-5-3-2-4-6-9/h2-6,10H,7-8,16H2,1H3/t10-/m0/s1. The molecule has 6 heteroatoms. The highest BCUT2D eigenvalue weighted by Gasteiger charge is 2.29. The number of nitrogens with zero attached hydrogens (tertiary/aromatic N) is 1. The van der Waals surface area contributed by atoms with Crippen LogP contribution >= 0.6 is 0 Å². The highest BCUT2D eigenvalue weighted by Crippen LogP contribution is 2.20. The van der Waals surface area contributed by atoms with E-state index in [1.807, 2.05) is 0 Å². The van der Waals surface area contributed by atoms with E-state index < -0.39 is 24.5 Å². The predicted octanol–water partition coefficient (Wildman–Crippen LogP) is 2.10. The number of halogens is 3. The van der Waals surface area contributed by atoms with Crippen molar-refractivity contribution in [1.82, 2.24) is 4.90 Å². The van der Waals surface area contributed by atoms with E-state index in [2.05, 4.69) is 0 Å². The number of nitrogens with two attached hydrogens (primary N) is 1.